The molecule has 0 spiro atoms. The van der Waals surface area contributed by atoms with Crippen molar-refractivity contribution in [3.63, 3.8) is 0 Å². The van der Waals surface area contributed by atoms with Crippen molar-refractivity contribution in [2.45, 2.75) is 6.10 Å². The Labute approximate surface area is 167 Å². The van der Waals surface area contributed by atoms with E-state index in [1.807, 2.05) is 54.7 Å². The number of benzene rings is 2. The van der Waals surface area contributed by atoms with Crippen LogP contribution in [0.15, 0.2) is 79.4 Å². The first-order valence-electron chi connectivity index (χ1n) is 9.44. The molecular formula is C23H19N5O. The first-order chi connectivity index (χ1) is 14.3. The molecule has 0 aliphatic heterocycles. The van der Waals surface area contributed by atoms with Gasteiger partial charge in [-0.2, -0.15) is 0 Å². The molecule has 0 aliphatic rings. The average molecular weight is 381 g/mol. The third kappa shape index (κ3) is 3.30. The Morgan fingerprint density at radius 2 is 1.83 bits per heavy atom. The van der Waals surface area contributed by atoms with Crippen molar-refractivity contribution in [2.75, 3.05) is 11.9 Å². The van der Waals surface area contributed by atoms with Crippen molar-refractivity contribution < 1.29 is 5.11 Å². The molecule has 0 fully saturated rings. The number of nitrogens with one attached hydrogen (secondary N) is 2. The van der Waals surface area contributed by atoms with Gasteiger partial charge in [-0.1, -0.05) is 36.4 Å². The summed E-state index contributed by atoms with van der Waals surface area (Å²) in [6.45, 7) is 0.358. The third-order valence-electron chi connectivity index (χ3n) is 5.04. The fourth-order valence-corrected chi connectivity index (χ4v) is 3.55. The highest BCUT2D eigenvalue weighted by molar-refractivity contribution is 5.98. The topological polar surface area (TPSA) is 86.7 Å². The summed E-state index contributed by atoms with van der Waals surface area (Å²) in [4.78, 5) is 16.4. The summed E-state index contributed by atoms with van der Waals surface area (Å²) in [6, 6.07) is 19.7. The number of rotatable bonds is 5. The second-order valence-corrected chi connectivity index (χ2v) is 6.86. The molecule has 0 bridgehead atoms. The summed E-state index contributed by atoms with van der Waals surface area (Å²) >= 11 is 0. The monoisotopic (exact) mass is 381 g/mol. The van der Waals surface area contributed by atoms with E-state index in [9.17, 15) is 5.11 Å². The summed E-state index contributed by atoms with van der Waals surface area (Å²) in [6.07, 6.45) is 4.66. The Morgan fingerprint density at radius 1 is 0.931 bits per heavy atom. The van der Waals surface area contributed by atoms with Gasteiger partial charge in [0.25, 0.3) is 0 Å². The number of pyridine rings is 1. The molecule has 0 saturated heterocycles. The predicted molar refractivity (Wildman–Crippen MR) is 115 cm³/mol. The summed E-state index contributed by atoms with van der Waals surface area (Å²) < 4.78 is 0. The van der Waals surface area contributed by atoms with E-state index >= 15 is 0 Å². The van der Waals surface area contributed by atoms with Crippen molar-refractivity contribution >= 4 is 27.8 Å². The van der Waals surface area contributed by atoms with Crippen LogP contribution in [0.3, 0.4) is 0 Å². The lowest BCUT2D eigenvalue weighted by Gasteiger charge is -2.14. The third-order valence-corrected chi connectivity index (χ3v) is 5.04. The number of fused-ring (bicyclic) bond motifs is 2. The van der Waals surface area contributed by atoms with Crippen LogP contribution in [-0.2, 0) is 0 Å². The summed E-state index contributed by atoms with van der Waals surface area (Å²) in [5, 5.41) is 15.7. The Hall–Kier alpha value is -3.77. The van der Waals surface area contributed by atoms with Gasteiger partial charge < -0.3 is 15.4 Å². The maximum atomic E-state index is 10.5. The van der Waals surface area contributed by atoms with E-state index in [-0.39, 0.29) is 0 Å². The molecular weight excluding hydrogens is 362 g/mol. The Kier molecular flexibility index (Phi) is 4.38. The second kappa shape index (κ2) is 7.33. The van der Waals surface area contributed by atoms with Crippen LogP contribution in [0.5, 0.6) is 0 Å². The van der Waals surface area contributed by atoms with E-state index in [0.29, 0.717) is 12.4 Å². The molecule has 0 aliphatic carbocycles. The molecule has 6 nitrogen and oxygen atoms in total. The maximum Gasteiger partial charge on any atom is 0.137 e. The summed E-state index contributed by atoms with van der Waals surface area (Å²) in [7, 11) is 0. The molecule has 0 radical (unpaired) electrons. The molecule has 3 aromatic heterocycles. The van der Waals surface area contributed by atoms with Crippen LogP contribution in [0, 0.1) is 0 Å². The minimum Gasteiger partial charge on any atom is -0.387 e. The van der Waals surface area contributed by atoms with Crippen LogP contribution >= 0.6 is 0 Å². The average Bonchev–Trinajstić information content (AvgIpc) is 3.22. The van der Waals surface area contributed by atoms with Crippen LogP contribution in [0.2, 0.25) is 0 Å². The van der Waals surface area contributed by atoms with E-state index in [4.69, 9.17) is 0 Å². The van der Waals surface area contributed by atoms with Gasteiger partial charge in [0.2, 0.25) is 0 Å². The smallest absolute Gasteiger partial charge is 0.137 e. The van der Waals surface area contributed by atoms with Gasteiger partial charge in [-0.15, -0.1) is 0 Å². The molecule has 0 amide bonds. The quantitative estimate of drug-likeness (QED) is 0.422. The Morgan fingerprint density at radius 3 is 2.72 bits per heavy atom. The first kappa shape index (κ1) is 17.3. The van der Waals surface area contributed by atoms with Crippen LogP contribution in [0.1, 0.15) is 11.7 Å². The van der Waals surface area contributed by atoms with Gasteiger partial charge in [0.1, 0.15) is 17.8 Å². The fourth-order valence-electron chi connectivity index (χ4n) is 3.55. The number of H-pyrrole nitrogens is 1. The normalized spacial score (nSPS) is 12.3. The molecule has 0 unspecified atom stereocenters. The predicted octanol–water partition coefficient (Wildman–Crippen LogP) is 4.32. The summed E-state index contributed by atoms with van der Waals surface area (Å²) in [5.74, 6) is 0.699. The number of hydrogen-bond donors (Lipinski definition) is 3. The number of aliphatic hydroxyl groups excluding tert-OH is 1. The number of hydrogen-bond acceptors (Lipinski definition) is 5. The van der Waals surface area contributed by atoms with Gasteiger partial charge in [0.05, 0.1) is 11.6 Å². The molecule has 5 rings (SSSR count). The molecule has 29 heavy (non-hydrogen) atoms. The van der Waals surface area contributed by atoms with Crippen LogP contribution in [0.4, 0.5) is 5.82 Å². The van der Waals surface area contributed by atoms with Crippen molar-refractivity contribution in [1.82, 2.24) is 19.9 Å². The SMILES string of the molecule is O[C@H](CNc1ncnc2ccc(-c3c[nH]c4ncccc34)cc12)c1ccccc1. The lowest BCUT2D eigenvalue weighted by molar-refractivity contribution is 0.191. The van der Waals surface area contributed by atoms with Crippen LogP contribution < -0.4 is 5.32 Å². The largest absolute Gasteiger partial charge is 0.387 e. The van der Waals surface area contributed by atoms with Gasteiger partial charge in [0.15, 0.2) is 0 Å². The fraction of sp³-hybridized carbons (Fsp3) is 0.0870. The zero-order valence-corrected chi connectivity index (χ0v) is 15.6. The first-order valence-corrected chi connectivity index (χ1v) is 9.44. The number of aromatic amines is 1. The molecule has 142 valence electrons. The van der Waals surface area contributed by atoms with E-state index < -0.39 is 6.10 Å². The molecule has 0 saturated carbocycles. The van der Waals surface area contributed by atoms with Gasteiger partial charge in [-0.3, -0.25) is 0 Å². The van der Waals surface area contributed by atoms with E-state index in [2.05, 4.69) is 37.4 Å². The minimum absolute atomic E-state index is 0.358. The maximum absolute atomic E-state index is 10.5. The molecule has 3 heterocycles. The standard InChI is InChI=1S/C23H19N5O/c29-21(15-5-2-1-3-6-15)13-26-23-18-11-16(8-9-20(18)27-14-28-23)19-12-25-22-17(19)7-4-10-24-22/h1-12,14,21,29H,13H2,(H,24,25)(H,26,27,28)/t21-/m1/s1. The number of nitrogens with zero attached hydrogens (tertiary/aromatic N) is 3. The molecule has 5 aromatic rings. The molecule has 1 atom stereocenters. The van der Waals surface area contributed by atoms with Crippen molar-refractivity contribution in [3.8, 4) is 11.1 Å². The van der Waals surface area contributed by atoms with Crippen molar-refractivity contribution in [2.24, 2.45) is 0 Å². The highest BCUT2D eigenvalue weighted by atomic mass is 16.3. The van der Waals surface area contributed by atoms with E-state index in [0.717, 1.165) is 38.6 Å². The van der Waals surface area contributed by atoms with Crippen molar-refractivity contribution in [1.29, 1.82) is 0 Å². The number of aliphatic hydroxyl groups is 1. The van der Waals surface area contributed by atoms with Gasteiger partial charge >= 0.3 is 0 Å². The second-order valence-electron chi connectivity index (χ2n) is 6.86. The van der Waals surface area contributed by atoms with E-state index in [1.54, 1.807) is 6.20 Å². The molecule has 6 heteroatoms. The van der Waals surface area contributed by atoms with Crippen LogP contribution in [0.25, 0.3) is 33.1 Å². The summed E-state index contributed by atoms with van der Waals surface area (Å²) in [5.41, 5.74) is 4.70. The number of anilines is 1. The number of aromatic nitrogens is 4. The highest BCUT2D eigenvalue weighted by Gasteiger charge is 2.12. The van der Waals surface area contributed by atoms with Crippen LogP contribution in [-0.4, -0.2) is 31.6 Å². The van der Waals surface area contributed by atoms with E-state index in [1.165, 1.54) is 6.33 Å². The highest BCUT2D eigenvalue weighted by Crippen LogP contribution is 2.31. The zero-order chi connectivity index (χ0) is 19.6. The molecule has 2 aromatic carbocycles. The van der Waals surface area contributed by atoms with Crippen molar-refractivity contribution in [3.05, 3.63) is 84.9 Å². The minimum atomic E-state index is -0.621. The lowest BCUT2D eigenvalue weighted by atomic mass is 10.0. The Bertz CT molecular complexity index is 1280. The van der Waals surface area contributed by atoms with Gasteiger partial charge in [-0.25, -0.2) is 15.0 Å². The van der Waals surface area contributed by atoms with Gasteiger partial charge in [0, 0.05) is 35.3 Å². The van der Waals surface area contributed by atoms with Gasteiger partial charge in [-0.05, 0) is 35.4 Å². The zero-order valence-electron chi connectivity index (χ0n) is 15.6. The molecule has 3 N–H and O–H groups in total. The lowest BCUT2D eigenvalue weighted by Crippen LogP contribution is -2.13. The Balaban J connectivity index is 1.49.